The Hall–Kier alpha value is -3.28. The second-order valence-electron chi connectivity index (χ2n) is 8.74. The summed E-state index contributed by atoms with van der Waals surface area (Å²) in [5, 5.41) is 12.7. The Kier molecular flexibility index (Phi) is 6.43. The van der Waals surface area contributed by atoms with Gasteiger partial charge in [-0.2, -0.15) is 0 Å². The van der Waals surface area contributed by atoms with Gasteiger partial charge in [0.25, 0.3) is 11.2 Å². The van der Waals surface area contributed by atoms with E-state index in [1.165, 1.54) is 40.5 Å². The molecule has 11 heteroatoms. The van der Waals surface area contributed by atoms with Crippen molar-refractivity contribution >= 4 is 60.6 Å². The number of hydrogen-bond acceptors (Lipinski definition) is 9. The Morgan fingerprint density at radius 1 is 1.11 bits per heavy atom. The summed E-state index contributed by atoms with van der Waals surface area (Å²) in [6.07, 6.45) is 5.24. The minimum absolute atomic E-state index is 0.0542. The topological polar surface area (TPSA) is 111 Å². The number of aromatic nitrogens is 3. The quantitative estimate of drug-likeness (QED) is 0.138. The van der Waals surface area contributed by atoms with Crippen LogP contribution in [0.2, 0.25) is 0 Å². The molecule has 1 N–H and O–H groups in total. The molecule has 8 nitrogen and oxygen atoms in total. The van der Waals surface area contributed by atoms with Gasteiger partial charge in [0.15, 0.2) is 4.34 Å². The highest BCUT2D eigenvalue weighted by atomic mass is 32.2. The first-order chi connectivity index (χ1) is 18.0. The summed E-state index contributed by atoms with van der Waals surface area (Å²) in [6.45, 7) is 2.51. The van der Waals surface area contributed by atoms with E-state index in [1.54, 1.807) is 23.5 Å². The SMILES string of the molecule is CCOc1ccc2nc(Sc3ccc(-c4nc5sc6c(c5c(=O)[nH]4)CCCCC6)cc3[N+](=O)[O-])sc2c1. The maximum Gasteiger partial charge on any atom is 0.284 e. The van der Waals surface area contributed by atoms with Gasteiger partial charge >= 0.3 is 0 Å². The second kappa shape index (κ2) is 9.88. The summed E-state index contributed by atoms with van der Waals surface area (Å²) in [5.74, 6) is 1.11. The standard InChI is InChI=1S/C26H22N4O4S3/c1-2-34-15-9-10-17-21(13-15)37-26(27-17)36-20-11-8-14(12-18(20)30(32)33)23-28-24(31)22-16-6-4-3-5-7-19(16)35-25(22)29-23/h8-13H,2-7H2,1H3,(H,28,29,31). The number of aryl methyl sites for hydroxylation is 2. The summed E-state index contributed by atoms with van der Waals surface area (Å²) >= 11 is 4.29. The normalized spacial score (nSPS) is 13.5. The third-order valence-corrected chi connectivity index (χ3v) is 9.68. The van der Waals surface area contributed by atoms with E-state index in [1.807, 2.05) is 25.1 Å². The molecule has 3 heterocycles. The van der Waals surface area contributed by atoms with Gasteiger partial charge in [0.2, 0.25) is 0 Å². The fourth-order valence-electron chi connectivity index (χ4n) is 4.65. The molecule has 1 aliphatic carbocycles. The summed E-state index contributed by atoms with van der Waals surface area (Å²) < 4.78 is 7.22. The Morgan fingerprint density at radius 3 is 2.81 bits per heavy atom. The van der Waals surface area contributed by atoms with Crippen molar-refractivity contribution in [3.05, 3.63) is 67.3 Å². The molecular weight excluding hydrogens is 529 g/mol. The summed E-state index contributed by atoms with van der Waals surface area (Å²) in [7, 11) is 0. The molecule has 0 atom stereocenters. The molecule has 1 aliphatic rings. The largest absolute Gasteiger partial charge is 0.494 e. The van der Waals surface area contributed by atoms with Crippen LogP contribution in [-0.4, -0.2) is 26.5 Å². The number of thiazole rings is 1. The van der Waals surface area contributed by atoms with Gasteiger partial charge in [0.05, 0.1) is 32.0 Å². The zero-order valence-electron chi connectivity index (χ0n) is 19.9. The summed E-state index contributed by atoms with van der Waals surface area (Å²) in [4.78, 5) is 39.3. The molecule has 37 heavy (non-hydrogen) atoms. The van der Waals surface area contributed by atoms with Crippen molar-refractivity contribution < 1.29 is 9.66 Å². The van der Waals surface area contributed by atoms with E-state index in [0.717, 1.165) is 47.2 Å². The van der Waals surface area contributed by atoms with Crippen molar-refractivity contribution in [1.82, 2.24) is 15.0 Å². The molecule has 188 valence electrons. The number of nitro groups is 1. The lowest BCUT2D eigenvalue weighted by Crippen LogP contribution is -2.10. The fraction of sp³-hybridized carbons (Fsp3) is 0.269. The molecule has 0 saturated heterocycles. The van der Waals surface area contributed by atoms with Crippen molar-refractivity contribution in [2.24, 2.45) is 0 Å². The van der Waals surface area contributed by atoms with Crippen LogP contribution in [0.15, 0.2) is 50.4 Å². The minimum Gasteiger partial charge on any atom is -0.494 e. The first-order valence-electron chi connectivity index (χ1n) is 12.0. The number of rotatable bonds is 6. The zero-order chi connectivity index (χ0) is 25.5. The van der Waals surface area contributed by atoms with E-state index in [9.17, 15) is 14.9 Å². The van der Waals surface area contributed by atoms with Crippen molar-refractivity contribution in [3.8, 4) is 17.1 Å². The molecule has 5 aromatic rings. The van der Waals surface area contributed by atoms with Crippen LogP contribution in [0, 0.1) is 10.1 Å². The molecule has 6 rings (SSSR count). The number of nitrogens with one attached hydrogen (secondary N) is 1. The third-order valence-electron chi connectivity index (χ3n) is 6.35. The second-order valence-corrected chi connectivity index (χ2v) is 12.1. The first-order valence-corrected chi connectivity index (χ1v) is 14.5. The third kappa shape index (κ3) is 4.62. The number of hydrogen-bond donors (Lipinski definition) is 1. The number of ether oxygens (including phenoxy) is 1. The lowest BCUT2D eigenvalue weighted by atomic mass is 10.1. The molecule has 0 saturated carbocycles. The molecule has 0 spiro atoms. The van der Waals surface area contributed by atoms with E-state index in [2.05, 4.69) is 9.97 Å². The molecular formula is C26H22N4O4S3. The average molecular weight is 551 g/mol. The number of nitrogens with zero attached hydrogens (tertiary/aromatic N) is 3. The van der Waals surface area contributed by atoms with Crippen LogP contribution in [0.5, 0.6) is 5.75 Å². The lowest BCUT2D eigenvalue weighted by Gasteiger charge is -2.05. The molecule has 2 aromatic carbocycles. The molecule has 0 aliphatic heterocycles. The number of aromatic amines is 1. The highest BCUT2D eigenvalue weighted by molar-refractivity contribution is 8.01. The van der Waals surface area contributed by atoms with Gasteiger partial charge in [0.1, 0.15) is 16.4 Å². The van der Waals surface area contributed by atoms with Crippen LogP contribution in [-0.2, 0) is 12.8 Å². The summed E-state index contributed by atoms with van der Waals surface area (Å²) in [5.41, 5.74) is 2.21. The number of H-pyrrole nitrogens is 1. The predicted octanol–water partition coefficient (Wildman–Crippen LogP) is 6.99. The summed E-state index contributed by atoms with van der Waals surface area (Å²) in [6, 6.07) is 10.6. The average Bonchev–Trinajstić information content (AvgIpc) is 3.36. The van der Waals surface area contributed by atoms with Gasteiger partial charge in [-0.1, -0.05) is 18.2 Å². The highest BCUT2D eigenvalue weighted by Crippen LogP contribution is 2.41. The van der Waals surface area contributed by atoms with E-state index in [4.69, 9.17) is 9.72 Å². The van der Waals surface area contributed by atoms with Crippen molar-refractivity contribution in [2.45, 2.75) is 48.3 Å². The van der Waals surface area contributed by atoms with Crippen LogP contribution in [0.25, 0.3) is 31.8 Å². The van der Waals surface area contributed by atoms with Gasteiger partial charge in [-0.05, 0) is 68.5 Å². The maximum absolute atomic E-state index is 13.1. The Bertz CT molecular complexity index is 1720. The lowest BCUT2D eigenvalue weighted by molar-refractivity contribution is -0.387. The fourth-order valence-corrected chi connectivity index (χ4v) is 8.05. The van der Waals surface area contributed by atoms with Crippen LogP contribution in [0.3, 0.4) is 0 Å². The van der Waals surface area contributed by atoms with E-state index >= 15 is 0 Å². The number of nitro benzene ring substituents is 1. The van der Waals surface area contributed by atoms with Crippen molar-refractivity contribution in [3.63, 3.8) is 0 Å². The van der Waals surface area contributed by atoms with E-state index < -0.39 is 4.92 Å². The Labute approximate surface area is 223 Å². The van der Waals surface area contributed by atoms with Crippen molar-refractivity contribution in [1.29, 1.82) is 0 Å². The molecule has 3 aromatic heterocycles. The van der Waals surface area contributed by atoms with E-state index in [0.29, 0.717) is 37.4 Å². The van der Waals surface area contributed by atoms with Crippen molar-refractivity contribution in [2.75, 3.05) is 6.61 Å². The number of fused-ring (bicyclic) bond motifs is 4. The molecule has 0 radical (unpaired) electrons. The van der Waals surface area contributed by atoms with Crippen LogP contribution in [0.4, 0.5) is 5.69 Å². The molecule has 0 fully saturated rings. The minimum atomic E-state index is -0.406. The van der Waals surface area contributed by atoms with Crippen LogP contribution < -0.4 is 10.3 Å². The molecule has 0 bridgehead atoms. The highest BCUT2D eigenvalue weighted by Gasteiger charge is 2.22. The molecule has 0 amide bonds. The molecule has 0 unspecified atom stereocenters. The Morgan fingerprint density at radius 2 is 1.97 bits per heavy atom. The first kappa shape index (κ1) is 24.1. The maximum atomic E-state index is 13.1. The predicted molar refractivity (Wildman–Crippen MR) is 149 cm³/mol. The number of benzene rings is 2. The number of thiophene rings is 1. The monoisotopic (exact) mass is 550 g/mol. The van der Waals surface area contributed by atoms with Crippen LogP contribution in [0.1, 0.15) is 36.6 Å². The van der Waals surface area contributed by atoms with Gasteiger partial charge < -0.3 is 9.72 Å². The van der Waals surface area contributed by atoms with Gasteiger partial charge in [-0.3, -0.25) is 14.9 Å². The van der Waals surface area contributed by atoms with Gasteiger partial charge in [-0.15, -0.1) is 22.7 Å². The van der Waals surface area contributed by atoms with Gasteiger partial charge in [0, 0.05) is 16.5 Å². The Balaban J connectivity index is 1.35. The smallest absolute Gasteiger partial charge is 0.284 e. The van der Waals surface area contributed by atoms with Crippen LogP contribution >= 0.6 is 34.4 Å². The van der Waals surface area contributed by atoms with E-state index in [-0.39, 0.29) is 11.2 Å². The zero-order valence-corrected chi connectivity index (χ0v) is 22.4. The van der Waals surface area contributed by atoms with Gasteiger partial charge in [-0.25, -0.2) is 9.97 Å².